The van der Waals surface area contributed by atoms with Gasteiger partial charge in [-0.3, -0.25) is 9.48 Å². The zero-order valence-electron chi connectivity index (χ0n) is 15.3. The summed E-state index contributed by atoms with van der Waals surface area (Å²) in [5, 5.41) is 13.3. The highest BCUT2D eigenvalue weighted by atomic mass is 32.2. The van der Waals surface area contributed by atoms with E-state index in [1.54, 1.807) is 33.6 Å². The molecule has 11 heteroatoms. The number of hydrogen-bond acceptors (Lipinski definition) is 8. The van der Waals surface area contributed by atoms with Crippen LogP contribution in [-0.2, 0) is 24.1 Å². The average molecular weight is 387 g/mol. The van der Waals surface area contributed by atoms with Gasteiger partial charge in [-0.1, -0.05) is 5.21 Å². The Labute approximate surface area is 160 Å². The average Bonchev–Trinajstić information content (AvgIpc) is 3.29. The number of fused-ring (bicyclic) bond motifs is 1. The second kappa shape index (κ2) is 7.51. The van der Waals surface area contributed by atoms with Crippen LogP contribution in [-0.4, -0.2) is 78.0 Å². The number of anilines is 1. The lowest BCUT2D eigenvalue weighted by molar-refractivity contribution is -0.132. The number of aryl methyl sites for hydroxylation is 1. The maximum atomic E-state index is 12.6. The van der Waals surface area contributed by atoms with Crippen molar-refractivity contribution in [3.05, 3.63) is 24.4 Å². The van der Waals surface area contributed by atoms with Crippen LogP contribution < -0.4 is 4.90 Å². The molecule has 4 heterocycles. The van der Waals surface area contributed by atoms with Gasteiger partial charge >= 0.3 is 0 Å². The monoisotopic (exact) mass is 387 g/mol. The molecule has 1 amide bonds. The smallest absolute Gasteiger partial charge is 0.244 e. The predicted octanol–water partition coefficient (Wildman–Crippen LogP) is 0.167. The highest BCUT2D eigenvalue weighted by Crippen LogP contribution is 2.23. The third-order valence-corrected chi connectivity index (χ3v) is 5.20. The van der Waals surface area contributed by atoms with Crippen LogP contribution in [0.1, 0.15) is 5.69 Å². The minimum atomic E-state index is 0.0597. The van der Waals surface area contributed by atoms with Crippen LogP contribution in [0.4, 0.5) is 5.82 Å². The Balaban J connectivity index is 1.38. The largest absolute Gasteiger partial charge is 0.352 e. The molecule has 0 aliphatic carbocycles. The number of amides is 1. The Morgan fingerprint density at radius 2 is 2.04 bits per heavy atom. The first kappa shape index (κ1) is 17.7. The molecule has 1 fully saturated rings. The number of carbonyl (C=O) groups is 1. The fraction of sp³-hybridized carbons (Fsp3) is 0.500. The molecule has 0 aromatic carbocycles. The lowest BCUT2D eigenvalue weighted by Crippen LogP contribution is -2.50. The maximum Gasteiger partial charge on any atom is 0.244 e. The molecule has 1 aliphatic rings. The molecule has 0 saturated carbocycles. The minimum Gasteiger partial charge on any atom is -0.352 e. The van der Waals surface area contributed by atoms with Crippen molar-refractivity contribution in [2.45, 2.75) is 12.3 Å². The Bertz CT molecular complexity index is 944. The van der Waals surface area contributed by atoms with Crippen molar-refractivity contribution in [3.8, 4) is 0 Å². The zero-order valence-corrected chi connectivity index (χ0v) is 16.1. The topological polar surface area (TPSA) is 97.9 Å². The van der Waals surface area contributed by atoms with Crippen LogP contribution in [0.3, 0.4) is 0 Å². The highest BCUT2D eigenvalue weighted by Gasteiger charge is 2.24. The normalized spacial score (nSPS) is 14.9. The van der Waals surface area contributed by atoms with Gasteiger partial charge in [0.1, 0.15) is 18.7 Å². The Hall–Kier alpha value is -2.69. The molecule has 4 rings (SSSR count). The van der Waals surface area contributed by atoms with Gasteiger partial charge in [-0.25, -0.2) is 14.6 Å². The molecule has 1 aliphatic heterocycles. The number of nitrogens with zero attached hydrogens (tertiary/aromatic N) is 9. The van der Waals surface area contributed by atoms with E-state index in [1.807, 2.05) is 24.4 Å². The Morgan fingerprint density at radius 3 is 2.81 bits per heavy atom. The third-order valence-electron chi connectivity index (χ3n) is 4.62. The summed E-state index contributed by atoms with van der Waals surface area (Å²) in [5.74, 6) is 1.73. The molecule has 0 spiro atoms. The van der Waals surface area contributed by atoms with Gasteiger partial charge in [0.15, 0.2) is 5.65 Å². The number of hydrogen-bond donors (Lipinski definition) is 0. The summed E-state index contributed by atoms with van der Waals surface area (Å²) in [4.78, 5) is 25.3. The van der Waals surface area contributed by atoms with Crippen LogP contribution in [0.2, 0.25) is 0 Å². The van der Waals surface area contributed by atoms with E-state index in [9.17, 15) is 4.79 Å². The SMILES string of the molecule is CSCc1cn(CC(=O)N2CCN(c3ncnc4c3cnn4C)CC2)nn1. The second-order valence-corrected chi connectivity index (χ2v) is 7.28. The molecule has 27 heavy (non-hydrogen) atoms. The van der Waals surface area contributed by atoms with Gasteiger partial charge in [-0.2, -0.15) is 16.9 Å². The molecular formula is C16H21N9OS. The third kappa shape index (κ3) is 3.59. The molecule has 1 saturated heterocycles. The molecule has 10 nitrogen and oxygen atoms in total. The van der Waals surface area contributed by atoms with E-state index in [1.165, 1.54) is 0 Å². The van der Waals surface area contributed by atoms with Gasteiger partial charge < -0.3 is 9.80 Å². The van der Waals surface area contributed by atoms with Crippen molar-refractivity contribution in [2.24, 2.45) is 7.05 Å². The molecule has 0 unspecified atom stereocenters. The lowest BCUT2D eigenvalue weighted by atomic mass is 10.2. The lowest BCUT2D eigenvalue weighted by Gasteiger charge is -2.35. The van der Waals surface area contributed by atoms with E-state index < -0.39 is 0 Å². The fourth-order valence-electron chi connectivity index (χ4n) is 3.24. The summed E-state index contributed by atoms with van der Waals surface area (Å²) in [6, 6.07) is 0. The summed E-state index contributed by atoms with van der Waals surface area (Å²) >= 11 is 1.68. The molecule has 3 aromatic rings. The van der Waals surface area contributed by atoms with E-state index in [2.05, 4.69) is 30.3 Å². The summed E-state index contributed by atoms with van der Waals surface area (Å²) < 4.78 is 3.35. The second-order valence-electron chi connectivity index (χ2n) is 6.41. The van der Waals surface area contributed by atoms with Gasteiger partial charge in [-0.05, 0) is 6.26 Å². The van der Waals surface area contributed by atoms with E-state index in [0.717, 1.165) is 41.4 Å². The zero-order chi connectivity index (χ0) is 18.8. The van der Waals surface area contributed by atoms with Gasteiger partial charge in [0.25, 0.3) is 0 Å². The predicted molar refractivity (Wildman–Crippen MR) is 102 cm³/mol. The van der Waals surface area contributed by atoms with Crippen molar-refractivity contribution in [1.29, 1.82) is 0 Å². The van der Waals surface area contributed by atoms with Crippen LogP contribution in [0, 0.1) is 0 Å². The van der Waals surface area contributed by atoms with Gasteiger partial charge in [0.2, 0.25) is 5.91 Å². The number of aromatic nitrogens is 7. The van der Waals surface area contributed by atoms with Crippen molar-refractivity contribution in [1.82, 2.24) is 39.6 Å². The number of piperazine rings is 1. The van der Waals surface area contributed by atoms with Crippen LogP contribution in [0.5, 0.6) is 0 Å². The molecule has 3 aromatic heterocycles. The molecule has 0 N–H and O–H groups in total. The number of thioether (sulfide) groups is 1. The van der Waals surface area contributed by atoms with E-state index in [-0.39, 0.29) is 12.5 Å². The van der Waals surface area contributed by atoms with Crippen molar-refractivity contribution < 1.29 is 4.79 Å². The summed E-state index contributed by atoms with van der Waals surface area (Å²) in [7, 11) is 1.87. The Morgan fingerprint density at radius 1 is 1.22 bits per heavy atom. The first-order valence-electron chi connectivity index (χ1n) is 8.69. The van der Waals surface area contributed by atoms with Gasteiger partial charge in [0.05, 0.1) is 17.3 Å². The van der Waals surface area contributed by atoms with E-state index >= 15 is 0 Å². The summed E-state index contributed by atoms with van der Waals surface area (Å²) in [5.41, 5.74) is 1.70. The maximum absolute atomic E-state index is 12.6. The number of carbonyl (C=O) groups excluding carboxylic acids is 1. The van der Waals surface area contributed by atoms with Crippen LogP contribution in [0.25, 0.3) is 11.0 Å². The van der Waals surface area contributed by atoms with E-state index in [0.29, 0.717) is 13.1 Å². The number of rotatable bonds is 5. The standard InChI is InChI=1S/C16H21N9OS/c1-22-15-13(7-19-22)16(18-11-17-15)24-5-3-23(4-6-24)14(26)9-25-8-12(10-27-2)20-21-25/h7-8,11H,3-6,9-10H2,1-2H3. The Kier molecular flexibility index (Phi) is 4.92. The molecule has 142 valence electrons. The summed E-state index contributed by atoms with van der Waals surface area (Å²) in [6.07, 6.45) is 7.21. The molecule has 0 radical (unpaired) electrons. The first-order chi connectivity index (χ1) is 13.2. The van der Waals surface area contributed by atoms with Crippen LogP contribution in [0.15, 0.2) is 18.7 Å². The van der Waals surface area contributed by atoms with Crippen molar-refractivity contribution in [3.63, 3.8) is 0 Å². The first-order valence-corrected chi connectivity index (χ1v) is 10.1. The molecule has 0 atom stereocenters. The van der Waals surface area contributed by atoms with Gasteiger partial charge in [0, 0.05) is 45.2 Å². The van der Waals surface area contributed by atoms with E-state index in [4.69, 9.17) is 0 Å². The van der Waals surface area contributed by atoms with Crippen molar-refractivity contribution in [2.75, 3.05) is 37.3 Å². The summed E-state index contributed by atoms with van der Waals surface area (Å²) in [6.45, 7) is 2.97. The van der Waals surface area contributed by atoms with Gasteiger partial charge in [-0.15, -0.1) is 5.10 Å². The highest BCUT2D eigenvalue weighted by molar-refractivity contribution is 7.97. The minimum absolute atomic E-state index is 0.0597. The van der Waals surface area contributed by atoms with Crippen molar-refractivity contribution >= 4 is 34.5 Å². The fourth-order valence-corrected chi connectivity index (χ4v) is 3.67. The van der Waals surface area contributed by atoms with Crippen LogP contribution >= 0.6 is 11.8 Å². The quantitative estimate of drug-likeness (QED) is 0.611. The molecular weight excluding hydrogens is 366 g/mol. The molecule has 0 bridgehead atoms.